The third-order valence-corrected chi connectivity index (χ3v) is 4.53. The van der Waals surface area contributed by atoms with E-state index >= 15 is 0 Å². The molecule has 2 heterocycles. The molecule has 7 heteroatoms. The summed E-state index contributed by atoms with van der Waals surface area (Å²) in [4.78, 5) is 0. The Morgan fingerprint density at radius 2 is 1.43 bits per heavy atom. The standard InChI is InChI=1S/C21H20N4O3/c1-13-5-7-14(8-6-13)16-9-10-19-22-23-21(25(19)24-16)15-11-17(26-2)20(28-4)18(12-15)27-3/h5-12H,1-4H3. The molecule has 28 heavy (non-hydrogen) atoms. The molecule has 0 fully saturated rings. The zero-order valence-corrected chi connectivity index (χ0v) is 16.1. The lowest BCUT2D eigenvalue weighted by Crippen LogP contribution is -1.99. The predicted octanol–water partition coefficient (Wildman–Crippen LogP) is 3.79. The molecule has 0 amide bonds. The fourth-order valence-corrected chi connectivity index (χ4v) is 3.06. The lowest BCUT2D eigenvalue weighted by atomic mass is 10.1. The molecule has 0 unspecified atom stereocenters. The summed E-state index contributed by atoms with van der Waals surface area (Å²) in [5.74, 6) is 2.20. The van der Waals surface area contributed by atoms with Gasteiger partial charge in [-0.15, -0.1) is 10.2 Å². The smallest absolute Gasteiger partial charge is 0.203 e. The number of benzene rings is 2. The zero-order valence-electron chi connectivity index (χ0n) is 16.1. The average Bonchev–Trinajstić information content (AvgIpc) is 3.16. The van der Waals surface area contributed by atoms with Crippen LogP contribution in [0, 0.1) is 6.92 Å². The predicted molar refractivity (Wildman–Crippen MR) is 106 cm³/mol. The first-order valence-corrected chi connectivity index (χ1v) is 8.74. The molecule has 0 bridgehead atoms. The molecule has 0 saturated carbocycles. The summed E-state index contributed by atoms with van der Waals surface area (Å²) in [5.41, 5.74) is 4.47. The van der Waals surface area contributed by atoms with E-state index in [2.05, 4.69) is 29.3 Å². The molecular weight excluding hydrogens is 356 g/mol. The zero-order chi connectivity index (χ0) is 19.7. The molecule has 0 saturated heterocycles. The van der Waals surface area contributed by atoms with Crippen molar-refractivity contribution >= 4 is 5.65 Å². The number of hydrogen-bond donors (Lipinski definition) is 0. The minimum absolute atomic E-state index is 0.524. The minimum Gasteiger partial charge on any atom is -0.493 e. The van der Waals surface area contributed by atoms with Crippen LogP contribution in [0.25, 0.3) is 28.3 Å². The van der Waals surface area contributed by atoms with Crippen molar-refractivity contribution in [1.29, 1.82) is 0 Å². The maximum absolute atomic E-state index is 5.45. The lowest BCUT2D eigenvalue weighted by molar-refractivity contribution is 0.324. The van der Waals surface area contributed by atoms with Gasteiger partial charge < -0.3 is 14.2 Å². The Bertz CT molecular complexity index is 1110. The van der Waals surface area contributed by atoms with Crippen LogP contribution in [0.4, 0.5) is 0 Å². The number of hydrogen-bond acceptors (Lipinski definition) is 6. The number of rotatable bonds is 5. The van der Waals surface area contributed by atoms with E-state index in [9.17, 15) is 0 Å². The maximum atomic E-state index is 5.45. The van der Waals surface area contributed by atoms with E-state index < -0.39 is 0 Å². The maximum Gasteiger partial charge on any atom is 0.203 e. The van der Waals surface area contributed by atoms with E-state index in [1.807, 2.05) is 36.4 Å². The van der Waals surface area contributed by atoms with Crippen molar-refractivity contribution in [1.82, 2.24) is 19.8 Å². The molecule has 0 aliphatic rings. The van der Waals surface area contributed by atoms with E-state index in [0.29, 0.717) is 28.7 Å². The molecule has 0 atom stereocenters. The molecule has 0 aliphatic heterocycles. The van der Waals surface area contributed by atoms with E-state index in [1.54, 1.807) is 25.8 Å². The largest absolute Gasteiger partial charge is 0.493 e. The average molecular weight is 376 g/mol. The van der Waals surface area contributed by atoms with E-state index in [4.69, 9.17) is 19.3 Å². The van der Waals surface area contributed by atoms with Gasteiger partial charge in [0.2, 0.25) is 5.75 Å². The Kier molecular flexibility index (Phi) is 4.57. The molecule has 142 valence electrons. The Hall–Kier alpha value is -3.61. The minimum atomic E-state index is 0.524. The lowest BCUT2D eigenvalue weighted by Gasteiger charge is -2.13. The fourth-order valence-electron chi connectivity index (χ4n) is 3.06. The van der Waals surface area contributed by atoms with Crippen LogP contribution in [-0.4, -0.2) is 41.1 Å². The SMILES string of the molecule is COc1cc(-c2nnc3ccc(-c4ccc(C)cc4)nn23)cc(OC)c1OC. The Balaban J connectivity index is 1.87. The summed E-state index contributed by atoms with van der Waals surface area (Å²) in [6.07, 6.45) is 0. The van der Waals surface area contributed by atoms with Gasteiger partial charge in [0.25, 0.3) is 0 Å². The molecule has 7 nitrogen and oxygen atoms in total. The number of ether oxygens (including phenoxy) is 3. The summed E-state index contributed by atoms with van der Waals surface area (Å²) >= 11 is 0. The second-order valence-electron chi connectivity index (χ2n) is 6.29. The highest BCUT2D eigenvalue weighted by molar-refractivity contribution is 5.69. The fraction of sp³-hybridized carbons (Fsp3) is 0.190. The first-order chi connectivity index (χ1) is 13.6. The van der Waals surface area contributed by atoms with Crippen molar-refractivity contribution in [3.8, 4) is 39.9 Å². The highest BCUT2D eigenvalue weighted by Gasteiger charge is 2.18. The van der Waals surface area contributed by atoms with Gasteiger partial charge in [0, 0.05) is 11.1 Å². The third-order valence-electron chi connectivity index (χ3n) is 4.53. The molecule has 0 spiro atoms. The highest BCUT2D eigenvalue weighted by atomic mass is 16.5. The summed E-state index contributed by atoms with van der Waals surface area (Å²) in [6, 6.07) is 15.7. The number of aryl methyl sites for hydroxylation is 1. The van der Waals surface area contributed by atoms with Gasteiger partial charge in [-0.3, -0.25) is 0 Å². The molecular formula is C21H20N4O3. The van der Waals surface area contributed by atoms with Crippen LogP contribution < -0.4 is 14.2 Å². The molecule has 2 aromatic heterocycles. The van der Waals surface area contributed by atoms with Gasteiger partial charge in [-0.25, -0.2) is 0 Å². The van der Waals surface area contributed by atoms with Crippen LogP contribution in [-0.2, 0) is 0 Å². The topological polar surface area (TPSA) is 70.8 Å². The Morgan fingerprint density at radius 1 is 0.750 bits per heavy atom. The van der Waals surface area contributed by atoms with Crippen LogP contribution in [0.2, 0.25) is 0 Å². The van der Waals surface area contributed by atoms with E-state index in [-0.39, 0.29) is 0 Å². The first-order valence-electron chi connectivity index (χ1n) is 8.74. The van der Waals surface area contributed by atoms with Crippen molar-refractivity contribution in [3.63, 3.8) is 0 Å². The second-order valence-corrected chi connectivity index (χ2v) is 6.29. The van der Waals surface area contributed by atoms with Gasteiger partial charge in [-0.05, 0) is 31.2 Å². The van der Waals surface area contributed by atoms with Gasteiger partial charge in [0.15, 0.2) is 23.0 Å². The monoisotopic (exact) mass is 376 g/mol. The van der Waals surface area contributed by atoms with Crippen molar-refractivity contribution in [2.75, 3.05) is 21.3 Å². The number of aromatic nitrogens is 4. The van der Waals surface area contributed by atoms with Crippen molar-refractivity contribution in [2.45, 2.75) is 6.92 Å². The molecule has 2 aromatic carbocycles. The summed E-state index contributed by atoms with van der Waals surface area (Å²) in [7, 11) is 4.73. The third kappa shape index (κ3) is 3.00. The van der Waals surface area contributed by atoms with Crippen LogP contribution in [0.15, 0.2) is 48.5 Å². The van der Waals surface area contributed by atoms with Crippen molar-refractivity contribution in [2.24, 2.45) is 0 Å². The van der Waals surface area contributed by atoms with E-state index in [0.717, 1.165) is 16.8 Å². The number of nitrogens with zero attached hydrogens (tertiary/aromatic N) is 4. The first kappa shape index (κ1) is 17.8. The highest BCUT2D eigenvalue weighted by Crippen LogP contribution is 2.40. The van der Waals surface area contributed by atoms with Crippen LogP contribution in [0.3, 0.4) is 0 Å². The van der Waals surface area contributed by atoms with Crippen LogP contribution in [0.5, 0.6) is 17.2 Å². The molecule has 0 aliphatic carbocycles. The van der Waals surface area contributed by atoms with Gasteiger partial charge >= 0.3 is 0 Å². The van der Waals surface area contributed by atoms with Gasteiger partial charge in [-0.2, -0.15) is 9.61 Å². The summed E-state index contributed by atoms with van der Waals surface area (Å²) in [6.45, 7) is 2.06. The summed E-state index contributed by atoms with van der Waals surface area (Å²) in [5, 5.41) is 13.3. The molecule has 4 rings (SSSR count). The van der Waals surface area contributed by atoms with Crippen molar-refractivity contribution < 1.29 is 14.2 Å². The van der Waals surface area contributed by atoms with Crippen molar-refractivity contribution in [3.05, 3.63) is 54.1 Å². The van der Waals surface area contributed by atoms with Gasteiger partial charge in [0.1, 0.15) is 0 Å². The number of fused-ring (bicyclic) bond motifs is 1. The molecule has 0 radical (unpaired) electrons. The molecule has 0 N–H and O–H groups in total. The van der Waals surface area contributed by atoms with Gasteiger partial charge in [0.05, 0.1) is 27.0 Å². The quantitative estimate of drug-likeness (QED) is 0.528. The normalized spacial score (nSPS) is 10.9. The Labute approximate surface area is 162 Å². The van der Waals surface area contributed by atoms with Crippen LogP contribution in [0.1, 0.15) is 5.56 Å². The van der Waals surface area contributed by atoms with Gasteiger partial charge in [-0.1, -0.05) is 29.8 Å². The van der Waals surface area contributed by atoms with Crippen LogP contribution >= 0.6 is 0 Å². The second kappa shape index (κ2) is 7.19. The van der Waals surface area contributed by atoms with E-state index in [1.165, 1.54) is 5.56 Å². The Morgan fingerprint density at radius 3 is 2.04 bits per heavy atom. The number of methoxy groups -OCH3 is 3. The summed E-state index contributed by atoms with van der Waals surface area (Å²) < 4.78 is 18.0. The molecule has 4 aromatic rings.